The first-order valence-corrected chi connectivity index (χ1v) is 11.5. The van der Waals surface area contributed by atoms with Crippen LogP contribution in [0, 0.1) is 11.7 Å². The molecule has 7 heteroatoms. The molecule has 0 saturated heterocycles. The Balaban J connectivity index is 1.53. The lowest BCUT2D eigenvalue weighted by atomic mass is 10.0. The van der Waals surface area contributed by atoms with Crippen molar-refractivity contribution in [1.82, 2.24) is 5.32 Å². The van der Waals surface area contributed by atoms with Crippen LogP contribution in [0.5, 0.6) is 0 Å². The first-order valence-electron chi connectivity index (χ1n) is 10.3. The van der Waals surface area contributed by atoms with Crippen LogP contribution in [-0.2, 0) is 22.7 Å². The van der Waals surface area contributed by atoms with Crippen LogP contribution < -0.4 is 10.2 Å². The molecule has 4 rings (SSSR count). The van der Waals surface area contributed by atoms with Gasteiger partial charge in [0.1, 0.15) is 11.1 Å². The number of rotatable bonds is 6. The fourth-order valence-electron chi connectivity index (χ4n) is 3.61. The van der Waals surface area contributed by atoms with Crippen molar-refractivity contribution in [2.24, 2.45) is 5.92 Å². The van der Waals surface area contributed by atoms with Gasteiger partial charge in [-0.1, -0.05) is 61.0 Å². The smallest absolute Gasteiger partial charge is 0.241 e. The van der Waals surface area contributed by atoms with E-state index in [1.165, 1.54) is 17.8 Å². The van der Waals surface area contributed by atoms with E-state index in [0.29, 0.717) is 17.1 Å². The normalized spacial score (nSPS) is 16.4. The van der Waals surface area contributed by atoms with E-state index in [1.807, 2.05) is 36.4 Å². The van der Waals surface area contributed by atoms with E-state index in [0.717, 1.165) is 16.1 Å². The van der Waals surface area contributed by atoms with Gasteiger partial charge in [0, 0.05) is 22.0 Å². The lowest BCUT2D eigenvalue weighted by Crippen LogP contribution is -2.47. The quantitative estimate of drug-likeness (QED) is 0.524. The Kier molecular flexibility index (Phi) is 6.82. The van der Waals surface area contributed by atoms with Gasteiger partial charge in [0.15, 0.2) is 0 Å². The Hall–Kier alpha value is -2.83. The molecule has 3 aromatic carbocycles. The second-order valence-corrected chi connectivity index (χ2v) is 9.27. The summed E-state index contributed by atoms with van der Waals surface area (Å²) in [5, 5.41) is 2.93. The Bertz CT molecular complexity index is 1140. The molecule has 32 heavy (non-hydrogen) atoms. The molecule has 0 bridgehead atoms. The fraction of sp³-hybridized carbons (Fsp3) is 0.200. The third-order valence-electron chi connectivity index (χ3n) is 5.45. The van der Waals surface area contributed by atoms with Gasteiger partial charge in [-0.25, -0.2) is 4.39 Å². The maximum Gasteiger partial charge on any atom is 0.241 e. The maximum atomic E-state index is 14.3. The largest absolute Gasteiger partial charge is 0.352 e. The SMILES string of the molecule is C[C@@H](C(=O)NCc1ccc(Cl)cc1)[C@H]1Sc2ccccc2N(Cc2ccccc2F)C1=O. The lowest BCUT2D eigenvalue weighted by Gasteiger charge is -2.35. The van der Waals surface area contributed by atoms with Gasteiger partial charge in [-0.05, 0) is 35.9 Å². The van der Waals surface area contributed by atoms with E-state index in [2.05, 4.69) is 5.32 Å². The van der Waals surface area contributed by atoms with Gasteiger partial charge in [0.25, 0.3) is 0 Å². The van der Waals surface area contributed by atoms with Crippen LogP contribution in [0.4, 0.5) is 10.1 Å². The van der Waals surface area contributed by atoms with Crippen molar-refractivity contribution in [3.8, 4) is 0 Å². The van der Waals surface area contributed by atoms with Gasteiger partial charge < -0.3 is 10.2 Å². The Morgan fingerprint density at radius 3 is 2.53 bits per heavy atom. The number of benzene rings is 3. The predicted molar refractivity (Wildman–Crippen MR) is 126 cm³/mol. The molecule has 2 amide bonds. The summed E-state index contributed by atoms with van der Waals surface area (Å²) in [4.78, 5) is 28.8. The van der Waals surface area contributed by atoms with E-state index in [1.54, 1.807) is 42.2 Å². The van der Waals surface area contributed by atoms with Crippen LogP contribution in [0.25, 0.3) is 0 Å². The highest BCUT2D eigenvalue weighted by Crippen LogP contribution is 2.42. The minimum absolute atomic E-state index is 0.110. The summed E-state index contributed by atoms with van der Waals surface area (Å²) in [5.74, 6) is -1.35. The molecule has 1 heterocycles. The number of thioether (sulfide) groups is 1. The van der Waals surface area contributed by atoms with Crippen LogP contribution in [-0.4, -0.2) is 17.1 Å². The third-order valence-corrected chi connectivity index (χ3v) is 7.17. The van der Waals surface area contributed by atoms with E-state index in [-0.39, 0.29) is 24.2 Å². The summed E-state index contributed by atoms with van der Waals surface area (Å²) >= 11 is 7.29. The first kappa shape index (κ1) is 22.4. The number of nitrogens with one attached hydrogen (secondary N) is 1. The van der Waals surface area contributed by atoms with Crippen molar-refractivity contribution in [1.29, 1.82) is 0 Å². The van der Waals surface area contributed by atoms with Crippen molar-refractivity contribution in [2.45, 2.75) is 30.2 Å². The number of hydrogen-bond donors (Lipinski definition) is 1. The Labute approximate surface area is 195 Å². The van der Waals surface area contributed by atoms with E-state index < -0.39 is 11.2 Å². The number of carbonyl (C=O) groups is 2. The highest BCUT2D eigenvalue weighted by Gasteiger charge is 2.39. The summed E-state index contributed by atoms with van der Waals surface area (Å²) in [7, 11) is 0. The average Bonchev–Trinajstić information content (AvgIpc) is 2.81. The van der Waals surface area contributed by atoms with Gasteiger partial charge in [-0.2, -0.15) is 0 Å². The monoisotopic (exact) mass is 468 g/mol. The summed E-state index contributed by atoms with van der Waals surface area (Å²) in [5.41, 5.74) is 2.08. The van der Waals surface area contributed by atoms with Gasteiger partial charge in [0.2, 0.25) is 11.8 Å². The molecule has 1 N–H and O–H groups in total. The number of carbonyl (C=O) groups excluding carboxylic acids is 2. The molecule has 0 aliphatic carbocycles. The predicted octanol–water partition coefficient (Wildman–Crippen LogP) is 5.44. The molecule has 4 nitrogen and oxygen atoms in total. The van der Waals surface area contributed by atoms with Crippen LogP contribution >= 0.6 is 23.4 Å². The fourth-order valence-corrected chi connectivity index (χ4v) is 5.02. The average molecular weight is 469 g/mol. The number of halogens is 2. The van der Waals surface area contributed by atoms with Gasteiger partial charge in [-0.3, -0.25) is 9.59 Å². The maximum absolute atomic E-state index is 14.3. The molecule has 1 aliphatic heterocycles. The zero-order valence-electron chi connectivity index (χ0n) is 17.4. The number of fused-ring (bicyclic) bond motifs is 1. The molecule has 1 aliphatic rings. The number of para-hydroxylation sites is 1. The summed E-state index contributed by atoms with van der Waals surface area (Å²) in [6.45, 7) is 2.21. The standard InChI is InChI=1S/C25H22ClFN2O2S/c1-16(24(30)28-14-17-10-12-19(26)13-11-17)23-25(31)29(15-18-6-2-3-7-20(18)27)21-8-4-5-9-22(21)32-23/h2-13,16,23H,14-15H2,1H3,(H,28,30)/t16-,23-/m1/s1. The van der Waals surface area contributed by atoms with Gasteiger partial charge >= 0.3 is 0 Å². The van der Waals surface area contributed by atoms with Crippen molar-refractivity contribution in [3.63, 3.8) is 0 Å². The van der Waals surface area contributed by atoms with E-state index >= 15 is 0 Å². The summed E-state index contributed by atoms with van der Waals surface area (Å²) in [6.07, 6.45) is 0. The number of anilines is 1. The molecule has 0 unspecified atom stereocenters. The zero-order valence-corrected chi connectivity index (χ0v) is 19.0. The zero-order chi connectivity index (χ0) is 22.7. The summed E-state index contributed by atoms with van der Waals surface area (Å²) < 4.78 is 14.3. The molecule has 0 spiro atoms. The number of nitrogens with zero attached hydrogens (tertiary/aromatic N) is 1. The first-order chi connectivity index (χ1) is 15.4. The molecule has 0 fully saturated rings. The highest BCUT2D eigenvalue weighted by molar-refractivity contribution is 8.01. The van der Waals surface area contributed by atoms with E-state index in [4.69, 9.17) is 11.6 Å². The second-order valence-electron chi connectivity index (χ2n) is 7.65. The van der Waals surface area contributed by atoms with Crippen molar-refractivity contribution in [2.75, 3.05) is 4.90 Å². The van der Waals surface area contributed by atoms with Crippen molar-refractivity contribution in [3.05, 3.63) is 94.8 Å². The van der Waals surface area contributed by atoms with Crippen molar-refractivity contribution < 1.29 is 14.0 Å². The summed E-state index contributed by atoms with van der Waals surface area (Å²) in [6, 6.07) is 21.2. The van der Waals surface area contributed by atoms with Crippen LogP contribution in [0.1, 0.15) is 18.1 Å². The van der Waals surface area contributed by atoms with Gasteiger partial charge in [0.05, 0.1) is 18.2 Å². The Morgan fingerprint density at radius 2 is 1.78 bits per heavy atom. The van der Waals surface area contributed by atoms with E-state index in [9.17, 15) is 14.0 Å². The highest BCUT2D eigenvalue weighted by atomic mass is 35.5. The molecule has 0 radical (unpaired) electrons. The molecule has 164 valence electrons. The van der Waals surface area contributed by atoms with Crippen LogP contribution in [0.15, 0.2) is 77.7 Å². The minimum Gasteiger partial charge on any atom is -0.352 e. The molecular weight excluding hydrogens is 447 g/mol. The molecule has 3 aromatic rings. The second kappa shape index (κ2) is 9.76. The lowest BCUT2D eigenvalue weighted by molar-refractivity contribution is -0.128. The number of amides is 2. The molecule has 0 saturated carbocycles. The molecule has 2 atom stereocenters. The van der Waals surface area contributed by atoms with Gasteiger partial charge in [-0.15, -0.1) is 11.8 Å². The molecule has 0 aromatic heterocycles. The third kappa shape index (κ3) is 4.81. The van der Waals surface area contributed by atoms with Crippen LogP contribution in [0.3, 0.4) is 0 Å². The minimum atomic E-state index is -0.609. The number of hydrogen-bond acceptors (Lipinski definition) is 3. The van der Waals surface area contributed by atoms with Crippen LogP contribution in [0.2, 0.25) is 5.02 Å². The topological polar surface area (TPSA) is 49.4 Å². The van der Waals surface area contributed by atoms with Crippen molar-refractivity contribution >= 4 is 40.9 Å². The molecular formula is C25H22ClFN2O2S. The Morgan fingerprint density at radius 1 is 1.09 bits per heavy atom.